The highest BCUT2D eigenvalue weighted by Crippen LogP contribution is 2.26. The van der Waals surface area contributed by atoms with E-state index in [1.54, 1.807) is 6.92 Å². The van der Waals surface area contributed by atoms with Gasteiger partial charge in [0.05, 0.1) is 19.3 Å². The standard InChI is InChI=1S/C17H30F3NO4/c1-11(2)5-6-13-9-23-10-14(21)16(22)25-12(3)15(13)24-8-4-7-17(18,19)20/h11-15H,4-10,21H2,1-3H3. The predicted octanol–water partition coefficient (Wildman–Crippen LogP) is 3.06. The second-order valence-electron chi connectivity index (χ2n) is 7.07. The van der Waals surface area contributed by atoms with Gasteiger partial charge >= 0.3 is 12.1 Å². The molecule has 0 saturated carbocycles. The fourth-order valence-electron chi connectivity index (χ4n) is 2.79. The van der Waals surface area contributed by atoms with Gasteiger partial charge in [-0.05, 0) is 25.7 Å². The van der Waals surface area contributed by atoms with E-state index in [4.69, 9.17) is 19.9 Å². The van der Waals surface area contributed by atoms with Gasteiger partial charge in [-0.25, -0.2) is 0 Å². The molecule has 1 heterocycles. The van der Waals surface area contributed by atoms with Crippen molar-refractivity contribution in [2.45, 2.75) is 70.9 Å². The maximum absolute atomic E-state index is 12.3. The van der Waals surface area contributed by atoms with E-state index >= 15 is 0 Å². The van der Waals surface area contributed by atoms with Crippen LogP contribution in [-0.2, 0) is 19.0 Å². The Bertz CT molecular complexity index is 404. The maximum Gasteiger partial charge on any atom is 0.389 e. The van der Waals surface area contributed by atoms with E-state index in [0.717, 1.165) is 12.8 Å². The summed E-state index contributed by atoms with van der Waals surface area (Å²) in [4.78, 5) is 11.9. The quantitative estimate of drug-likeness (QED) is 0.552. The summed E-state index contributed by atoms with van der Waals surface area (Å²) in [7, 11) is 0. The van der Waals surface area contributed by atoms with Gasteiger partial charge in [0.2, 0.25) is 0 Å². The highest BCUT2D eigenvalue weighted by atomic mass is 19.4. The second kappa shape index (κ2) is 10.3. The van der Waals surface area contributed by atoms with Crippen molar-refractivity contribution in [2.75, 3.05) is 19.8 Å². The van der Waals surface area contributed by atoms with Crippen LogP contribution in [0, 0.1) is 11.8 Å². The number of carbonyl (C=O) groups excluding carboxylic acids is 1. The summed E-state index contributed by atoms with van der Waals surface area (Å²) >= 11 is 0. The summed E-state index contributed by atoms with van der Waals surface area (Å²) < 4.78 is 53.5. The number of alkyl halides is 3. The van der Waals surface area contributed by atoms with Crippen LogP contribution in [0.25, 0.3) is 0 Å². The number of nitrogens with two attached hydrogens (primary N) is 1. The Morgan fingerprint density at radius 3 is 2.60 bits per heavy atom. The van der Waals surface area contributed by atoms with Crippen LogP contribution >= 0.6 is 0 Å². The van der Waals surface area contributed by atoms with Crippen LogP contribution in [-0.4, -0.2) is 50.2 Å². The molecule has 1 saturated heterocycles. The summed E-state index contributed by atoms with van der Waals surface area (Å²) in [5.74, 6) is -0.180. The molecule has 4 unspecified atom stereocenters. The van der Waals surface area contributed by atoms with Gasteiger partial charge < -0.3 is 19.9 Å². The van der Waals surface area contributed by atoms with E-state index in [2.05, 4.69) is 13.8 Å². The molecular formula is C17H30F3NO4. The van der Waals surface area contributed by atoms with E-state index < -0.39 is 36.8 Å². The normalized spacial score (nSPS) is 29.0. The molecule has 8 heteroatoms. The largest absolute Gasteiger partial charge is 0.459 e. The molecule has 0 aromatic heterocycles. The number of hydrogen-bond acceptors (Lipinski definition) is 5. The molecule has 0 aromatic carbocycles. The molecule has 0 spiro atoms. The van der Waals surface area contributed by atoms with Crippen molar-refractivity contribution in [3.63, 3.8) is 0 Å². The predicted molar refractivity (Wildman–Crippen MR) is 86.9 cm³/mol. The highest BCUT2D eigenvalue weighted by Gasteiger charge is 2.34. The Morgan fingerprint density at radius 1 is 1.32 bits per heavy atom. The molecule has 0 aliphatic carbocycles. The fraction of sp³-hybridized carbons (Fsp3) is 0.941. The van der Waals surface area contributed by atoms with Crippen LogP contribution in [0.15, 0.2) is 0 Å². The summed E-state index contributed by atoms with van der Waals surface area (Å²) in [6, 6.07) is -0.864. The molecule has 1 aliphatic heterocycles. The third-order valence-electron chi connectivity index (χ3n) is 4.19. The highest BCUT2D eigenvalue weighted by molar-refractivity contribution is 5.75. The van der Waals surface area contributed by atoms with Crippen LogP contribution in [0.1, 0.15) is 46.5 Å². The van der Waals surface area contributed by atoms with Gasteiger partial charge in [-0.2, -0.15) is 13.2 Å². The Labute approximate surface area is 147 Å². The molecular weight excluding hydrogens is 339 g/mol. The lowest BCUT2D eigenvalue weighted by Gasteiger charge is -2.31. The lowest BCUT2D eigenvalue weighted by atomic mass is 9.91. The lowest BCUT2D eigenvalue weighted by Crippen LogP contribution is -2.41. The van der Waals surface area contributed by atoms with Gasteiger partial charge in [0.15, 0.2) is 0 Å². The third-order valence-corrected chi connectivity index (χ3v) is 4.19. The zero-order chi connectivity index (χ0) is 19.0. The second-order valence-corrected chi connectivity index (χ2v) is 7.07. The van der Waals surface area contributed by atoms with Crippen LogP contribution in [0.5, 0.6) is 0 Å². The van der Waals surface area contributed by atoms with Crippen molar-refractivity contribution in [3.05, 3.63) is 0 Å². The molecule has 1 fully saturated rings. The average Bonchev–Trinajstić information content (AvgIpc) is 2.53. The third kappa shape index (κ3) is 8.87. The fourth-order valence-corrected chi connectivity index (χ4v) is 2.79. The molecule has 0 radical (unpaired) electrons. The lowest BCUT2D eigenvalue weighted by molar-refractivity contribution is -0.161. The Hall–Kier alpha value is -0.860. The number of cyclic esters (lactones) is 1. The molecule has 4 atom stereocenters. The van der Waals surface area contributed by atoms with E-state index in [-0.39, 0.29) is 25.6 Å². The number of halogens is 3. The molecule has 25 heavy (non-hydrogen) atoms. The number of ether oxygens (including phenoxy) is 3. The first-order valence-electron chi connectivity index (χ1n) is 8.82. The van der Waals surface area contributed by atoms with E-state index in [0.29, 0.717) is 12.5 Å². The first-order chi connectivity index (χ1) is 11.6. The molecule has 1 aliphatic rings. The van der Waals surface area contributed by atoms with Gasteiger partial charge in [0.25, 0.3) is 0 Å². The van der Waals surface area contributed by atoms with Gasteiger partial charge in [-0.3, -0.25) is 4.79 Å². The minimum Gasteiger partial charge on any atom is -0.459 e. The number of hydrogen-bond donors (Lipinski definition) is 1. The number of rotatable bonds is 7. The first kappa shape index (κ1) is 22.2. The molecule has 5 nitrogen and oxygen atoms in total. The smallest absolute Gasteiger partial charge is 0.389 e. The number of carbonyl (C=O) groups is 1. The van der Waals surface area contributed by atoms with Crippen LogP contribution < -0.4 is 5.73 Å². The van der Waals surface area contributed by atoms with Crippen LogP contribution in [0.3, 0.4) is 0 Å². The van der Waals surface area contributed by atoms with Crippen LogP contribution in [0.4, 0.5) is 13.2 Å². The monoisotopic (exact) mass is 369 g/mol. The van der Waals surface area contributed by atoms with Crippen molar-refractivity contribution in [1.82, 2.24) is 0 Å². The summed E-state index contributed by atoms with van der Waals surface area (Å²) in [5, 5.41) is 0. The average molecular weight is 369 g/mol. The van der Waals surface area contributed by atoms with E-state index in [1.165, 1.54) is 0 Å². The zero-order valence-corrected chi connectivity index (χ0v) is 15.2. The van der Waals surface area contributed by atoms with E-state index in [1.807, 2.05) is 0 Å². The van der Waals surface area contributed by atoms with Crippen LogP contribution in [0.2, 0.25) is 0 Å². The molecule has 0 amide bonds. The molecule has 2 N–H and O–H groups in total. The van der Waals surface area contributed by atoms with Gasteiger partial charge in [-0.15, -0.1) is 0 Å². The Kier molecular flexibility index (Phi) is 9.16. The van der Waals surface area contributed by atoms with E-state index in [9.17, 15) is 18.0 Å². The Balaban J connectivity index is 2.73. The molecule has 148 valence electrons. The SMILES string of the molecule is CC(C)CCC1COCC(N)C(=O)OC(C)C1OCCCC(F)(F)F. The van der Waals surface area contributed by atoms with Crippen molar-refractivity contribution < 1.29 is 32.2 Å². The number of esters is 1. The van der Waals surface area contributed by atoms with Gasteiger partial charge in [0.1, 0.15) is 12.1 Å². The molecule has 0 bridgehead atoms. The zero-order valence-electron chi connectivity index (χ0n) is 15.2. The van der Waals surface area contributed by atoms with Crippen molar-refractivity contribution in [1.29, 1.82) is 0 Å². The van der Waals surface area contributed by atoms with Crippen molar-refractivity contribution in [3.8, 4) is 0 Å². The minimum absolute atomic E-state index is 0.0453. The maximum atomic E-state index is 12.3. The minimum atomic E-state index is -4.20. The van der Waals surface area contributed by atoms with Crippen molar-refractivity contribution >= 4 is 5.97 Å². The topological polar surface area (TPSA) is 70.8 Å². The van der Waals surface area contributed by atoms with Gasteiger partial charge in [-0.1, -0.05) is 20.3 Å². The molecule has 1 rings (SSSR count). The van der Waals surface area contributed by atoms with Crippen molar-refractivity contribution in [2.24, 2.45) is 17.6 Å². The Morgan fingerprint density at radius 2 is 2.00 bits per heavy atom. The molecule has 0 aromatic rings. The van der Waals surface area contributed by atoms with Gasteiger partial charge in [0, 0.05) is 18.9 Å². The summed E-state index contributed by atoms with van der Waals surface area (Å²) in [6.07, 6.45) is -4.64. The summed E-state index contributed by atoms with van der Waals surface area (Å²) in [5.41, 5.74) is 5.70. The first-order valence-corrected chi connectivity index (χ1v) is 8.82. The summed E-state index contributed by atoms with van der Waals surface area (Å²) in [6.45, 7) is 6.22.